The van der Waals surface area contributed by atoms with Gasteiger partial charge in [0.2, 0.25) is 0 Å². The van der Waals surface area contributed by atoms with Gasteiger partial charge in [-0.05, 0) is 25.8 Å². The molecule has 1 fully saturated rings. The highest BCUT2D eigenvalue weighted by Gasteiger charge is 2.18. The molecule has 0 unspecified atom stereocenters. The molecule has 1 rings (SSSR count). The minimum Gasteiger partial charge on any atom is -0.326 e. The van der Waals surface area contributed by atoms with Crippen molar-refractivity contribution in [2.75, 3.05) is 6.54 Å². The number of unbranched alkanes of at least 4 members (excludes halogenated alkanes) is 1. The number of rotatable bonds is 4. The first-order valence-corrected chi connectivity index (χ1v) is 5.33. The Labute approximate surface area is 75.9 Å². The highest BCUT2D eigenvalue weighted by Crippen LogP contribution is 2.12. The molecule has 1 aliphatic rings. The highest BCUT2D eigenvalue weighted by atomic mass is 15.0. The third-order valence-electron chi connectivity index (χ3n) is 2.76. The maximum absolute atomic E-state index is 6.07. The number of piperidine rings is 1. The first kappa shape index (κ1) is 10.0. The van der Waals surface area contributed by atoms with Crippen molar-refractivity contribution in [1.29, 1.82) is 0 Å². The van der Waals surface area contributed by atoms with E-state index in [2.05, 4.69) is 12.2 Å². The van der Waals surface area contributed by atoms with Crippen molar-refractivity contribution in [2.24, 2.45) is 5.73 Å². The van der Waals surface area contributed by atoms with E-state index in [-0.39, 0.29) is 0 Å². The van der Waals surface area contributed by atoms with Crippen LogP contribution in [0.25, 0.3) is 0 Å². The Bertz CT molecular complexity index is 108. The number of hydrogen-bond donors (Lipinski definition) is 2. The number of nitrogens with one attached hydrogen (secondary N) is 1. The maximum Gasteiger partial charge on any atom is 0.0219 e. The lowest BCUT2D eigenvalue weighted by Gasteiger charge is -2.28. The van der Waals surface area contributed by atoms with Gasteiger partial charge in [-0.25, -0.2) is 0 Å². The Balaban J connectivity index is 2.15. The van der Waals surface area contributed by atoms with E-state index < -0.39 is 0 Å². The molecule has 2 heteroatoms. The van der Waals surface area contributed by atoms with Crippen LogP contribution in [0.1, 0.15) is 45.4 Å². The molecule has 0 aromatic heterocycles. The van der Waals surface area contributed by atoms with E-state index in [9.17, 15) is 0 Å². The second kappa shape index (κ2) is 5.55. The summed E-state index contributed by atoms with van der Waals surface area (Å²) in [6.45, 7) is 3.39. The van der Waals surface area contributed by atoms with Gasteiger partial charge in [-0.15, -0.1) is 0 Å². The summed E-state index contributed by atoms with van der Waals surface area (Å²) in [5.41, 5.74) is 6.07. The van der Waals surface area contributed by atoms with Gasteiger partial charge in [0.1, 0.15) is 0 Å². The lowest BCUT2D eigenvalue weighted by Crippen LogP contribution is -2.47. The minimum absolute atomic E-state index is 0.394. The van der Waals surface area contributed by atoms with E-state index >= 15 is 0 Å². The van der Waals surface area contributed by atoms with E-state index in [1.165, 1.54) is 45.1 Å². The Morgan fingerprint density at radius 2 is 2.33 bits per heavy atom. The molecule has 0 aromatic rings. The average Bonchev–Trinajstić information content (AvgIpc) is 2.15. The van der Waals surface area contributed by atoms with Crippen molar-refractivity contribution >= 4 is 0 Å². The van der Waals surface area contributed by atoms with Crippen LogP contribution in [0, 0.1) is 0 Å². The fourth-order valence-electron chi connectivity index (χ4n) is 1.89. The van der Waals surface area contributed by atoms with E-state index in [1.807, 2.05) is 0 Å². The number of nitrogens with two attached hydrogens (primary N) is 1. The summed E-state index contributed by atoms with van der Waals surface area (Å²) < 4.78 is 0. The van der Waals surface area contributed by atoms with Crippen molar-refractivity contribution in [3.63, 3.8) is 0 Å². The minimum atomic E-state index is 0.394. The Hall–Kier alpha value is -0.0800. The van der Waals surface area contributed by atoms with Gasteiger partial charge in [0.05, 0.1) is 0 Å². The summed E-state index contributed by atoms with van der Waals surface area (Å²) in [6.07, 6.45) is 7.70. The van der Waals surface area contributed by atoms with E-state index in [0.29, 0.717) is 12.1 Å². The van der Waals surface area contributed by atoms with Crippen LogP contribution in [0.3, 0.4) is 0 Å². The molecule has 0 radical (unpaired) electrons. The molecule has 0 aromatic carbocycles. The molecule has 1 aliphatic heterocycles. The Morgan fingerprint density at radius 3 is 2.92 bits per heavy atom. The average molecular weight is 170 g/mol. The van der Waals surface area contributed by atoms with Crippen molar-refractivity contribution in [1.82, 2.24) is 5.32 Å². The van der Waals surface area contributed by atoms with Gasteiger partial charge < -0.3 is 11.1 Å². The topological polar surface area (TPSA) is 38.0 Å². The summed E-state index contributed by atoms with van der Waals surface area (Å²) >= 11 is 0. The van der Waals surface area contributed by atoms with Gasteiger partial charge in [0, 0.05) is 12.1 Å². The van der Waals surface area contributed by atoms with Crippen LogP contribution < -0.4 is 11.1 Å². The van der Waals surface area contributed by atoms with Crippen LogP contribution in [0.2, 0.25) is 0 Å². The smallest absolute Gasteiger partial charge is 0.0219 e. The summed E-state index contributed by atoms with van der Waals surface area (Å²) in [7, 11) is 0. The van der Waals surface area contributed by atoms with Crippen molar-refractivity contribution in [3.05, 3.63) is 0 Å². The zero-order valence-electron chi connectivity index (χ0n) is 8.18. The molecule has 1 heterocycles. The van der Waals surface area contributed by atoms with Gasteiger partial charge in [-0.3, -0.25) is 0 Å². The Morgan fingerprint density at radius 1 is 1.50 bits per heavy atom. The van der Waals surface area contributed by atoms with Crippen LogP contribution in [0.15, 0.2) is 0 Å². The number of hydrogen-bond acceptors (Lipinski definition) is 2. The summed E-state index contributed by atoms with van der Waals surface area (Å²) in [6, 6.07) is 0.996. The molecule has 0 amide bonds. The quantitative estimate of drug-likeness (QED) is 0.673. The Kier molecular flexibility index (Phi) is 4.62. The first-order valence-electron chi connectivity index (χ1n) is 5.33. The van der Waals surface area contributed by atoms with Crippen LogP contribution in [-0.2, 0) is 0 Å². The van der Waals surface area contributed by atoms with E-state index in [1.54, 1.807) is 0 Å². The lowest BCUT2D eigenvalue weighted by atomic mass is 9.95. The molecule has 72 valence electrons. The van der Waals surface area contributed by atoms with Gasteiger partial charge in [-0.2, -0.15) is 0 Å². The van der Waals surface area contributed by atoms with Crippen LogP contribution in [-0.4, -0.2) is 18.6 Å². The molecule has 2 nitrogen and oxygen atoms in total. The summed E-state index contributed by atoms with van der Waals surface area (Å²) in [5.74, 6) is 0. The normalized spacial score (nSPS) is 27.0. The lowest BCUT2D eigenvalue weighted by molar-refractivity contribution is 0.335. The summed E-state index contributed by atoms with van der Waals surface area (Å²) in [5, 5.41) is 3.50. The molecule has 3 N–H and O–H groups in total. The van der Waals surface area contributed by atoms with Gasteiger partial charge in [0.25, 0.3) is 0 Å². The van der Waals surface area contributed by atoms with Crippen molar-refractivity contribution in [3.8, 4) is 0 Å². The zero-order chi connectivity index (χ0) is 8.81. The second-order valence-electron chi connectivity index (χ2n) is 3.86. The van der Waals surface area contributed by atoms with E-state index in [4.69, 9.17) is 5.73 Å². The first-order chi connectivity index (χ1) is 5.84. The van der Waals surface area contributed by atoms with Gasteiger partial charge in [-0.1, -0.05) is 26.2 Å². The molecule has 0 bridgehead atoms. The monoisotopic (exact) mass is 170 g/mol. The third-order valence-corrected chi connectivity index (χ3v) is 2.76. The second-order valence-corrected chi connectivity index (χ2v) is 3.86. The molecule has 0 aliphatic carbocycles. The fraction of sp³-hybridized carbons (Fsp3) is 1.00. The van der Waals surface area contributed by atoms with Crippen LogP contribution >= 0.6 is 0 Å². The predicted molar refractivity (Wildman–Crippen MR) is 53.1 cm³/mol. The zero-order valence-corrected chi connectivity index (χ0v) is 8.18. The highest BCUT2D eigenvalue weighted by molar-refractivity contribution is 4.81. The van der Waals surface area contributed by atoms with Crippen molar-refractivity contribution in [2.45, 2.75) is 57.5 Å². The summed E-state index contributed by atoms with van der Waals surface area (Å²) in [4.78, 5) is 0. The molecular weight excluding hydrogens is 148 g/mol. The van der Waals surface area contributed by atoms with Gasteiger partial charge >= 0.3 is 0 Å². The molecule has 1 saturated heterocycles. The largest absolute Gasteiger partial charge is 0.326 e. The van der Waals surface area contributed by atoms with Crippen LogP contribution in [0.4, 0.5) is 0 Å². The molecule has 0 saturated carbocycles. The third kappa shape index (κ3) is 3.11. The maximum atomic E-state index is 6.07. The van der Waals surface area contributed by atoms with Crippen molar-refractivity contribution < 1.29 is 0 Å². The standard InChI is InChI=1S/C10H22N2/c1-2-3-6-9(11)10-7-4-5-8-12-10/h9-10,12H,2-8,11H2,1H3/t9-,10+/m1/s1. The van der Waals surface area contributed by atoms with Crippen LogP contribution in [0.5, 0.6) is 0 Å². The molecular formula is C10H22N2. The van der Waals surface area contributed by atoms with E-state index in [0.717, 1.165) is 0 Å². The molecule has 0 spiro atoms. The fourth-order valence-corrected chi connectivity index (χ4v) is 1.89. The predicted octanol–water partition coefficient (Wildman–Crippen LogP) is 1.65. The SMILES string of the molecule is CCCC[C@@H](N)[C@@H]1CCCCN1. The molecule has 2 atom stereocenters. The van der Waals surface area contributed by atoms with Gasteiger partial charge in [0.15, 0.2) is 0 Å². The molecule has 12 heavy (non-hydrogen) atoms.